The monoisotopic (exact) mass is 596 g/mol. The lowest BCUT2D eigenvalue weighted by Gasteiger charge is -2.28. The highest BCUT2D eigenvalue weighted by Crippen LogP contribution is 2.30. The maximum atomic E-state index is 12.2. The minimum Gasteiger partial charge on any atom is -0.466 e. The Morgan fingerprint density at radius 2 is 1.14 bits per heavy atom. The van der Waals surface area contributed by atoms with E-state index in [9.17, 15) is 14.7 Å². The molecular formula is C36H69NO5. The summed E-state index contributed by atoms with van der Waals surface area (Å²) >= 11 is 0. The van der Waals surface area contributed by atoms with Gasteiger partial charge in [0.2, 0.25) is 0 Å². The van der Waals surface area contributed by atoms with Crippen molar-refractivity contribution in [1.29, 1.82) is 0 Å². The number of aliphatic hydroxyl groups excluding tert-OH is 1. The van der Waals surface area contributed by atoms with Gasteiger partial charge in [-0.05, 0) is 76.8 Å². The molecule has 0 unspecified atom stereocenters. The molecule has 0 saturated heterocycles. The number of hydrogen-bond donors (Lipinski definition) is 1. The summed E-state index contributed by atoms with van der Waals surface area (Å²) in [5.41, 5.74) is 0. The SMILES string of the molecule is CCCCCCCCOC(=O)CCCCCCCN(CCO)CCCCCCCC(=O)OC1CCC(CCCC)CC1. The van der Waals surface area contributed by atoms with E-state index in [1.165, 1.54) is 77.0 Å². The highest BCUT2D eigenvalue weighted by Gasteiger charge is 2.23. The van der Waals surface area contributed by atoms with Gasteiger partial charge in [0.05, 0.1) is 13.2 Å². The molecule has 0 radical (unpaired) electrons. The van der Waals surface area contributed by atoms with Gasteiger partial charge in [0.1, 0.15) is 6.10 Å². The minimum atomic E-state index is -0.0344. The van der Waals surface area contributed by atoms with Gasteiger partial charge in [-0.2, -0.15) is 0 Å². The zero-order chi connectivity index (χ0) is 30.5. The van der Waals surface area contributed by atoms with Gasteiger partial charge < -0.3 is 19.5 Å². The number of unbranched alkanes of at least 4 members (excludes halogenated alkanes) is 14. The first-order valence-corrected chi connectivity index (χ1v) is 18.3. The number of nitrogens with zero attached hydrogens (tertiary/aromatic N) is 1. The fraction of sp³-hybridized carbons (Fsp3) is 0.944. The first-order valence-electron chi connectivity index (χ1n) is 18.3. The Hall–Kier alpha value is -1.14. The highest BCUT2D eigenvalue weighted by molar-refractivity contribution is 5.69. The molecule has 1 fully saturated rings. The summed E-state index contributed by atoms with van der Waals surface area (Å²) in [7, 11) is 0. The van der Waals surface area contributed by atoms with Crippen LogP contribution in [0.1, 0.15) is 174 Å². The Labute approximate surface area is 260 Å². The fourth-order valence-electron chi connectivity index (χ4n) is 6.16. The van der Waals surface area contributed by atoms with E-state index in [1.54, 1.807) is 0 Å². The maximum Gasteiger partial charge on any atom is 0.306 e. The van der Waals surface area contributed by atoms with E-state index < -0.39 is 0 Å². The third-order valence-electron chi connectivity index (χ3n) is 8.95. The third kappa shape index (κ3) is 23.3. The summed E-state index contributed by atoms with van der Waals surface area (Å²) < 4.78 is 11.1. The molecule has 0 heterocycles. The van der Waals surface area contributed by atoms with Crippen LogP contribution in [0.25, 0.3) is 0 Å². The molecule has 248 valence electrons. The molecule has 0 atom stereocenters. The standard InChI is InChI=1S/C36H69NO5/c1-3-5-7-8-15-20-32-41-35(39)22-16-11-9-13-18-28-37(30-31-38)29-19-14-10-12-17-23-36(40)42-34-26-24-33(25-27-34)21-6-4-2/h33-34,38H,3-32H2,1-2H3. The summed E-state index contributed by atoms with van der Waals surface area (Å²) in [5.74, 6) is 0.818. The number of hydrogen-bond acceptors (Lipinski definition) is 6. The summed E-state index contributed by atoms with van der Waals surface area (Å²) in [6.45, 7) is 8.09. The van der Waals surface area contributed by atoms with Gasteiger partial charge in [-0.3, -0.25) is 9.59 Å². The number of aliphatic hydroxyl groups is 1. The molecule has 1 aliphatic rings. The van der Waals surface area contributed by atoms with Crippen molar-refractivity contribution in [2.24, 2.45) is 5.92 Å². The zero-order valence-electron chi connectivity index (χ0n) is 27.9. The number of carbonyl (C=O) groups is 2. The van der Waals surface area contributed by atoms with Crippen LogP contribution in [0.5, 0.6) is 0 Å². The second-order valence-electron chi connectivity index (χ2n) is 12.9. The molecule has 0 aliphatic heterocycles. The summed E-state index contributed by atoms with van der Waals surface area (Å²) in [6, 6.07) is 0. The average Bonchev–Trinajstić information content (AvgIpc) is 2.99. The van der Waals surface area contributed by atoms with Gasteiger partial charge in [0, 0.05) is 19.4 Å². The van der Waals surface area contributed by atoms with Crippen molar-refractivity contribution in [2.75, 3.05) is 32.8 Å². The zero-order valence-corrected chi connectivity index (χ0v) is 27.9. The summed E-state index contributed by atoms with van der Waals surface area (Å²) in [5, 5.41) is 9.45. The van der Waals surface area contributed by atoms with Crippen LogP contribution < -0.4 is 0 Å². The maximum absolute atomic E-state index is 12.2. The Morgan fingerprint density at radius 1 is 0.619 bits per heavy atom. The van der Waals surface area contributed by atoms with Crippen LogP contribution in [-0.4, -0.2) is 60.9 Å². The molecule has 0 aromatic rings. The van der Waals surface area contributed by atoms with E-state index in [0.717, 1.165) is 96.2 Å². The van der Waals surface area contributed by atoms with Crippen LogP contribution in [0.15, 0.2) is 0 Å². The molecule has 1 aliphatic carbocycles. The van der Waals surface area contributed by atoms with Crippen molar-refractivity contribution in [3.63, 3.8) is 0 Å². The smallest absolute Gasteiger partial charge is 0.306 e. The Bertz CT molecular complexity index is 620. The van der Waals surface area contributed by atoms with E-state index in [0.29, 0.717) is 19.4 Å². The fourth-order valence-corrected chi connectivity index (χ4v) is 6.16. The third-order valence-corrected chi connectivity index (χ3v) is 8.95. The van der Waals surface area contributed by atoms with E-state index in [-0.39, 0.29) is 24.6 Å². The summed E-state index contributed by atoms with van der Waals surface area (Å²) in [4.78, 5) is 26.5. The van der Waals surface area contributed by atoms with Crippen LogP contribution in [0.2, 0.25) is 0 Å². The van der Waals surface area contributed by atoms with Crippen molar-refractivity contribution in [2.45, 2.75) is 180 Å². The van der Waals surface area contributed by atoms with Gasteiger partial charge in [-0.25, -0.2) is 0 Å². The Morgan fingerprint density at radius 3 is 1.74 bits per heavy atom. The van der Waals surface area contributed by atoms with E-state index in [4.69, 9.17) is 9.47 Å². The first kappa shape index (κ1) is 38.9. The largest absolute Gasteiger partial charge is 0.466 e. The lowest BCUT2D eigenvalue weighted by atomic mass is 9.84. The molecule has 0 aromatic heterocycles. The lowest BCUT2D eigenvalue weighted by molar-refractivity contribution is -0.151. The van der Waals surface area contributed by atoms with Crippen molar-refractivity contribution in [3.8, 4) is 0 Å². The Balaban J connectivity index is 1.93. The van der Waals surface area contributed by atoms with Gasteiger partial charge in [-0.15, -0.1) is 0 Å². The second kappa shape index (κ2) is 28.6. The molecule has 6 heteroatoms. The molecule has 0 aromatic carbocycles. The number of esters is 2. The quantitative estimate of drug-likeness (QED) is 0.0686. The van der Waals surface area contributed by atoms with Crippen LogP contribution >= 0.6 is 0 Å². The molecule has 1 N–H and O–H groups in total. The predicted octanol–water partition coefficient (Wildman–Crippen LogP) is 9.16. The normalized spacial score (nSPS) is 17.0. The van der Waals surface area contributed by atoms with Crippen LogP contribution in [0.3, 0.4) is 0 Å². The number of rotatable bonds is 29. The molecular weight excluding hydrogens is 526 g/mol. The minimum absolute atomic E-state index is 0.00422. The Kier molecular flexibility index (Phi) is 26.5. The highest BCUT2D eigenvalue weighted by atomic mass is 16.5. The number of ether oxygens (including phenoxy) is 2. The molecule has 0 spiro atoms. The number of carbonyl (C=O) groups excluding carboxylic acids is 2. The molecule has 6 nitrogen and oxygen atoms in total. The van der Waals surface area contributed by atoms with E-state index in [2.05, 4.69) is 18.7 Å². The van der Waals surface area contributed by atoms with Crippen molar-refractivity contribution in [3.05, 3.63) is 0 Å². The summed E-state index contributed by atoms with van der Waals surface area (Å²) in [6.07, 6.45) is 28.0. The topological polar surface area (TPSA) is 76.1 Å². The van der Waals surface area contributed by atoms with E-state index in [1.807, 2.05) is 0 Å². The second-order valence-corrected chi connectivity index (χ2v) is 12.9. The molecule has 0 amide bonds. The van der Waals surface area contributed by atoms with E-state index >= 15 is 0 Å². The van der Waals surface area contributed by atoms with Gasteiger partial charge in [0.15, 0.2) is 0 Å². The van der Waals surface area contributed by atoms with Crippen molar-refractivity contribution >= 4 is 11.9 Å². The van der Waals surface area contributed by atoms with Gasteiger partial charge in [-0.1, -0.05) is 104 Å². The molecule has 0 bridgehead atoms. The predicted molar refractivity (Wildman–Crippen MR) is 175 cm³/mol. The van der Waals surface area contributed by atoms with Crippen LogP contribution in [0.4, 0.5) is 0 Å². The molecule has 1 saturated carbocycles. The first-order chi connectivity index (χ1) is 20.6. The lowest BCUT2D eigenvalue weighted by Crippen LogP contribution is -2.29. The van der Waals surface area contributed by atoms with Gasteiger partial charge in [0.25, 0.3) is 0 Å². The van der Waals surface area contributed by atoms with Gasteiger partial charge >= 0.3 is 11.9 Å². The molecule has 42 heavy (non-hydrogen) atoms. The molecule has 1 rings (SSSR count). The van der Waals surface area contributed by atoms with Crippen LogP contribution in [-0.2, 0) is 19.1 Å². The van der Waals surface area contributed by atoms with Crippen LogP contribution in [0, 0.1) is 5.92 Å². The van der Waals surface area contributed by atoms with Crippen molar-refractivity contribution in [1.82, 2.24) is 4.90 Å². The average molecular weight is 596 g/mol. The van der Waals surface area contributed by atoms with Crippen molar-refractivity contribution < 1.29 is 24.2 Å².